The number of fused-ring (bicyclic) bond motifs is 20. The molecule has 3 heterocycles. The van der Waals surface area contributed by atoms with Gasteiger partial charge in [0.15, 0.2) is 0 Å². The van der Waals surface area contributed by atoms with Gasteiger partial charge in [0, 0.05) is 79.4 Å². The van der Waals surface area contributed by atoms with Gasteiger partial charge in [-0.3, -0.25) is 0 Å². The van der Waals surface area contributed by atoms with Crippen LogP contribution in [0.1, 0.15) is 22.3 Å². The summed E-state index contributed by atoms with van der Waals surface area (Å²) in [4.78, 5) is 2.48. The average Bonchev–Trinajstić information content (AvgIpc) is 3.73. The van der Waals surface area contributed by atoms with E-state index in [1.165, 1.54) is 135 Å². The second-order valence-electron chi connectivity index (χ2n) is 20.7. The molecule has 4 heteroatoms. The van der Waals surface area contributed by atoms with Crippen LogP contribution in [0.15, 0.2) is 267 Å². The summed E-state index contributed by atoms with van der Waals surface area (Å²) in [5.74, 6) is 0. The van der Waals surface area contributed by atoms with Crippen molar-refractivity contribution >= 4 is 102 Å². The molecule has 15 aromatic rings. The molecule has 0 saturated heterocycles. The molecule has 12 aromatic carbocycles. The van der Waals surface area contributed by atoms with Gasteiger partial charge >= 0.3 is 0 Å². The molecular formula is C73H44N2S2. The highest BCUT2D eigenvalue weighted by Gasteiger charge is 2.51. The maximum absolute atomic E-state index is 2.54. The molecule has 0 saturated carbocycles. The summed E-state index contributed by atoms with van der Waals surface area (Å²) in [7, 11) is 0. The van der Waals surface area contributed by atoms with Crippen LogP contribution in [-0.4, -0.2) is 4.57 Å². The van der Waals surface area contributed by atoms with Crippen LogP contribution in [0.3, 0.4) is 0 Å². The third-order valence-corrected chi connectivity index (χ3v) is 19.1. The van der Waals surface area contributed by atoms with Crippen molar-refractivity contribution in [2.24, 2.45) is 0 Å². The Morgan fingerprint density at radius 2 is 0.870 bits per heavy atom. The molecule has 2 aliphatic carbocycles. The Labute approximate surface area is 453 Å². The number of anilines is 3. The first kappa shape index (κ1) is 43.0. The maximum Gasteiger partial charge on any atom is 0.0726 e. The Morgan fingerprint density at radius 1 is 0.312 bits per heavy atom. The number of aromatic nitrogens is 1. The highest BCUT2D eigenvalue weighted by molar-refractivity contribution is 7.26. The molecule has 3 aromatic heterocycles. The Bertz CT molecular complexity index is 4870. The molecule has 0 radical (unpaired) electrons. The van der Waals surface area contributed by atoms with Gasteiger partial charge in [0.2, 0.25) is 0 Å². The second-order valence-corrected chi connectivity index (χ2v) is 22.8. The van der Waals surface area contributed by atoms with E-state index >= 15 is 0 Å². The van der Waals surface area contributed by atoms with Crippen molar-refractivity contribution < 1.29 is 0 Å². The molecule has 17 rings (SSSR count). The fourth-order valence-corrected chi connectivity index (χ4v) is 15.9. The van der Waals surface area contributed by atoms with Crippen molar-refractivity contribution in [2.75, 3.05) is 4.90 Å². The van der Waals surface area contributed by atoms with Crippen molar-refractivity contribution in [2.45, 2.75) is 5.41 Å². The minimum Gasteiger partial charge on any atom is -0.310 e. The number of benzene rings is 12. The van der Waals surface area contributed by atoms with Crippen molar-refractivity contribution in [3.05, 3.63) is 289 Å². The first-order valence-electron chi connectivity index (χ1n) is 26.5. The summed E-state index contributed by atoms with van der Waals surface area (Å²) in [6, 6.07) is 100. The molecule has 0 amide bonds. The van der Waals surface area contributed by atoms with Crippen molar-refractivity contribution in [1.82, 2.24) is 4.57 Å². The van der Waals surface area contributed by atoms with Crippen molar-refractivity contribution in [3.63, 3.8) is 0 Å². The lowest BCUT2D eigenvalue weighted by molar-refractivity contribution is 0.793. The summed E-state index contributed by atoms with van der Waals surface area (Å²) in [5, 5.41) is 7.68. The predicted octanol–water partition coefficient (Wildman–Crippen LogP) is 20.7. The average molecular weight is 1010 g/mol. The van der Waals surface area contributed by atoms with E-state index < -0.39 is 5.41 Å². The van der Waals surface area contributed by atoms with Crippen molar-refractivity contribution in [1.29, 1.82) is 0 Å². The second kappa shape index (κ2) is 16.3. The largest absolute Gasteiger partial charge is 0.310 e. The summed E-state index contributed by atoms with van der Waals surface area (Å²) in [5.41, 5.74) is 21.8. The number of para-hydroxylation sites is 1. The van der Waals surface area contributed by atoms with Gasteiger partial charge in [-0.1, -0.05) is 188 Å². The lowest BCUT2D eigenvalue weighted by Gasteiger charge is -2.32. The van der Waals surface area contributed by atoms with Crippen molar-refractivity contribution in [3.8, 4) is 50.2 Å². The van der Waals surface area contributed by atoms with Crippen LogP contribution in [0, 0.1) is 0 Å². The number of thiophene rings is 2. The van der Waals surface area contributed by atoms with E-state index in [2.05, 4.69) is 276 Å². The molecule has 1 spiro atoms. The van der Waals surface area contributed by atoms with Gasteiger partial charge < -0.3 is 9.47 Å². The lowest BCUT2D eigenvalue weighted by Crippen LogP contribution is -2.26. The molecule has 0 unspecified atom stereocenters. The molecule has 2 nitrogen and oxygen atoms in total. The van der Waals surface area contributed by atoms with Gasteiger partial charge in [-0.25, -0.2) is 0 Å². The smallest absolute Gasteiger partial charge is 0.0726 e. The SMILES string of the molecule is c1ccc(-c2ccc(N(c3cccc(-c4cc5c6ccccc6n(-c6ccc7sc8ccccc8c7c6)c5c5c4sc4ccccc45)c3)c3ccc4c(c3)C3(c5ccccc5-c5ccccc53)c3ccccc3-4)cc2)cc1. The van der Waals surface area contributed by atoms with Gasteiger partial charge in [0.25, 0.3) is 0 Å². The van der Waals surface area contributed by atoms with E-state index in [-0.39, 0.29) is 0 Å². The molecule has 77 heavy (non-hydrogen) atoms. The lowest BCUT2D eigenvalue weighted by atomic mass is 9.70. The van der Waals surface area contributed by atoms with Gasteiger partial charge in [-0.2, -0.15) is 0 Å². The highest BCUT2D eigenvalue weighted by atomic mass is 32.1. The van der Waals surface area contributed by atoms with E-state index in [1.807, 2.05) is 22.7 Å². The first-order valence-corrected chi connectivity index (χ1v) is 28.1. The fraction of sp³-hybridized carbons (Fsp3) is 0.0137. The normalized spacial score (nSPS) is 13.0. The van der Waals surface area contributed by atoms with Gasteiger partial charge in [0.05, 0.1) is 16.4 Å². The Kier molecular flexibility index (Phi) is 9.12. The van der Waals surface area contributed by atoms with Crippen LogP contribution in [-0.2, 0) is 5.41 Å². The van der Waals surface area contributed by atoms with Crippen LogP contribution in [0.25, 0.3) is 112 Å². The third kappa shape index (κ3) is 6.05. The topological polar surface area (TPSA) is 8.17 Å². The minimum atomic E-state index is -0.468. The number of hydrogen-bond donors (Lipinski definition) is 0. The van der Waals surface area contributed by atoms with Crippen LogP contribution in [0.4, 0.5) is 17.1 Å². The third-order valence-electron chi connectivity index (χ3n) is 16.8. The Hall–Kier alpha value is -9.32. The molecule has 0 N–H and O–H groups in total. The minimum absolute atomic E-state index is 0.468. The van der Waals surface area contributed by atoms with E-state index in [9.17, 15) is 0 Å². The summed E-state index contributed by atoms with van der Waals surface area (Å²) in [6.45, 7) is 0. The predicted molar refractivity (Wildman–Crippen MR) is 328 cm³/mol. The van der Waals surface area contributed by atoms with Crippen LogP contribution < -0.4 is 4.90 Å². The quantitative estimate of drug-likeness (QED) is 0.161. The molecule has 0 bridgehead atoms. The van der Waals surface area contributed by atoms with E-state index in [1.54, 1.807) is 0 Å². The van der Waals surface area contributed by atoms with E-state index in [0.29, 0.717) is 0 Å². The van der Waals surface area contributed by atoms with Crippen LogP contribution >= 0.6 is 22.7 Å². The summed E-state index contributed by atoms with van der Waals surface area (Å²) >= 11 is 3.78. The van der Waals surface area contributed by atoms with Crippen LogP contribution in [0.2, 0.25) is 0 Å². The number of rotatable bonds is 6. The van der Waals surface area contributed by atoms with Crippen LogP contribution in [0.5, 0.6) is 0 Å². The molecular weight excluding hydrogens is 969 g/mol. The zero-order valence-corrected chi connectivity index (χ0v) is 43.2. The molecule has 0 aliphatic heterocycles. The zero-order valence-electron chi connectivity index (χ0n) is 41.6. The van der Waals surface area contributed by atoms with Gasteiger partial charge in [-0.15, -0.1) is 22.7 Å². The number of nitrogens with zero attached hydrogens (tertiary/aromatic N) is 2. The molecule has 2 aliphatic rings. The van der Waals surface area contributed by atoms with E-state index in [0.717, 1.165) is 17.1 Å². The fourth-order valence-electron chi connectivity index (χ4n) is 13.6. The Morgan fingerprint density at radius 3 is 1.61 bits per heavy atom. The Balaban J connectivity index is 0.899. The molecule has 0 atom stereocenters. The zero-order chi connectivity index (χ0) is 50.3. The first-order chi connectivity index (χ1) is 38.2. The standard InChI is InChI=1S/C73H44N2S2/c1-2-17-45(18-3-1)46-33-35-48(36-34-46)74(51-37-39-55-54-23-6-12-29-64(54)73(65(55)43-51)62-27-10-4-21-52(62)53-22-5-11-28-63(53)73)49-20-16-19-47(41-49)59-44-61-56-24-7-13-30-66(56)75(71(61)70-58-26-9-15-32-68(58)77-72(59)70)50-38-40-69-60(42-50)57-25-8-14-31-67(57)76-69/h1-44H. The summed E-state index contributed by atoms with van der Waals surface area (Å²) < 4.78 is 7.74. The van der Waals surface area contributed by atoms with Gasteiger partial charge in [0.1, 0.15) is 0 Å². The maximum atomic E-state index is 2.54. The highest BCUT2D eigenvalue weighted by Crippen LogP contribution is 2.63. The van der Waals surface area contributed by atoms with Gasteiger partial charge in [-0.05, 0) is 140 Å². The molecule has 0 fully saturated rings. The summed E-state index contributed by atoms with van der Waals surface area (Å²) in [6.07, 6.45) is 0. The number of hydrogen-bond acceptors (Lipinski definition) is 3. The molecule has 358 valence electrons. The monoisotopic (exact) mass is 1010 g/mol. The van der Waals surface area contributed by atoms with E-state index in [4.69, 9.17) is 0 Å².